The van der Waals surface area contributed by atoms with Crippen LogP contribution in [0.1, 0.15) is 52.9 Å². The van der Waals surface area contributed by atoms with Gasteiger partial charge < -0.3 is 37.6 Å². The maximum absolute atomic E-state index is 12.6. The molecule has 4 atom stereocenters. The average molecular weight is 460 g/mol. The zero-order valence-corrected chi connectivity index (χ0v) is 18.4. The number of nitrogens with two attached hydrogens (primary N) is 2. The number of rotatable bonds is 15. The second kappa shape index (κ2) is 14.0. The summed E-state index contributed by atoms with van der Waals surface area (Å²) in [5, 5.41) is 25.0. The first kappa shape index (κ1) is 28.8. The number of carboxylic acids is 2. The smallest absolute Gasteiger partial charge is 0.326 e. The van der Waals surface area contributed by atoms with E-state index in [2.05, 4.69) is 16.0 Å². The van der Waals surface area contributed by atoms with E-state index in [0.29, 0.717) is 0 Å². The second-order valence-corrected chi connectivity index (χ2v) is 7.86. The third kappa shape index (κ3) is 11.8. The zero-order chi connectivity index (χ0) is 25.0. The summed E-state index contributed by atoms with van der Waals surface area (Å²) in [5.41, 5.74) is 10.6. The molecule has 0 rings (SSSR count). The molecule has 0 saturated heterocycles. The molecule has 0 aliphatic rings. The van der Waals surface area contributed by atoms with Gasteiger partial charge in [-0.15, -0.1) is 0 Å². The lowest BCUT2D eigenvalue weighted by Crippen LogP contribution is -2.56. The molecule has 0 bridgehead atoms. The van der Waals surface area contributed by atoms with E-state index in [-0.39, 0.29) is 38.0 Å². The van der Waals surface area contributed by atoms with Gasteiger partial charge in [-0.2, -0.15) is 0 Å². The van der Waals surface area contributed by atoms with Crippen molar-refractivity contribution >= 4 is 35.6 Å². The van der Waals surface area contributed by atoms with Crippen LogP contribution in [0.2, 0.25) is 0 Å². The number of amides is 4. The Morgan fingerprint density at radius 1 is 0.781 bits per heavy atom. The van der Waals surface area contributed by atoms with Gasteiger partial charge in [-0.05, 0) is 32.1 Å². The van der Waals surface area contributed by atoms with Crippen LogP contribution in [0, 0.1) is 5.92 Å². The fourth-order valence-electron chi connectivity index (χ4n) is 2.61. The van der Waals surface area contributed by atoms with Gasteiger partial charge in [-0.1, -0.05) is 13.8 Å². The van der Waals surface area contributed by atoms with Gasteiger partial charge in [-0.3, -0.25) is 24.0 Å². The average Bonchev–Trinajstić information content (AvgIpc) is 2.67. The number of hydrogen-bond donors (Lipinski definition) is 7. The van der Waals surface area contributed by atoms with Crippen molar-refractivity contribution < 1.29 is 39.0 Å². The Morgan fingerprint density at radius 2 is 1.34 bits per heavy atom. The van der Waals surface area contributed by atoms with E-state index in [4.69, 9.17) is 16.6 Å². The molecule has 4 amide bonds. The number of carbonyl (C=O) groups excluding carboxylic acids is 4. The van der Waals surface area contributed by atoms with Crippen LogP contribution < -0.4 is 27.4 Å². The SMILES string of the molecule is CC(C)CC(NC(=O)C(C)NC(=O)C(N)CCC(=O)O)C(=O)NC(CCC(N)=O)C(=O)O. The van der Waals surface area contributed by atoms with Crippen LogP contribution in [-0.2, 0) is 28.8 Å². The molecular weight excluding hydrogens is 426 g/mol. The monoisotopic (exact) mass is 459 g/mol. The van der Waals surface area contributed by atoms with E-state index in [9.17, 15) is 33.9 Å². The van der Waals surface area contributed by atoms with E-state index >= 15 is 0 Å². The Hall–Kier alpha value is -3.22. The van der Waals surface area contributed by atoms with E-state index in [1.54, 1.807) is 13.8 Å². The highest BCUT2D eigenvalue weighted by atomic mass is 16.4. The summed E-state index contributed by atoms with van der Waals surface area (Å²) in [6.45, 7) is 4.94. The van der Waals surface area contributed by atoms with Crippen molar-refractivity contribution in [3.63, 3.8) is 0 Å². The molecule has 0 aliphatic carbocycles. The van der Waals surface area contributed by atoms with Gasteiger partial charge >= 0.3 is 11.9 Å². The molecule has 0 radical (unpaired) electrons. The van der Waals surface area contributed by atoms with Crippen LogP contribution in [0.25, 0.3) is 0 Å². The van der Waals surface area contributed by atoms with E-state index in [1.807, 2.05) is 0 Å². The van der Waals surface area contributed by atoms with Crippen LogP contribution in [-0.4, -0.2) is 69.9 Å². The standard InChI is InChI=1S/C19H33N5O8/c1-9(2)8-13(18(30)23-12(19(31)32)5-6-14(21)25)24-16(28)10(3)22-17(29)11(20)4-7-15(26)27/h9-13H,4-8,20H2,1-3H3,(H2,21,25)(H,22,29)(H,23,30)(H,24,28)(H,26,27)(H,31,32). The predicted octanol–water partition coefficient (Wildman–Crippen LogP) is -1.95. The van der Waals surface area contributed by atoms with E-state index in [0.717, 1.165) is 0 Å². The summed E-state index contributed by atoms with van der Waals surface area (Å²) in [6.07, 6.45) is -0.705. The number of carboxylic acid groups (broad SMARTS) is 2. The minimum Gasteiger partial charge on any atom is -0.481 e. The van der Waals surface area contributed by atoms with Gasteiger partial charge in [0, 0.05) is 12.8 Å². The fraction of sp³-hybridized carbons (Fsp3) is 0.684. The highest BCUT2D eigenvalue weighted by Crippen LogP contribution is 2.07. The molecule has 32 heavy (non-hydrogen) atoms. The zero-order valence-electron chi connectivity index (χ0n) is 18.4. The molecule has 0 aromatic rings. The third-order valence-electron chi connectivity index (χ3n) is 4.39. The lowest BCUT2D eigenvalue weighted by molar-refractivity contribution is -0.143. The van der Waals surface area contributed by atoms with Crippen LogP contribution in [0.5, 0.6) is 0 Å². The molecule has 4 unspecified atom stereocenters. The Balaban J connectivity index is 5.08. The van der Waals surface area contributed by atoms with Crippen LogP contribution >= 0.6 is 0 Å². The summed E-state index contributed by atoms with van der Waals surface area (Å²) < 4.78 is 0. The first-order chi connectivity index (χ1) is 14.7. The number of aliphatic carboxylic acids is 2. The molecular formula is C19H33N5O8. The molecule has 9 N–H and O–H groups in total. The Bertz CT molecular complexity index is 712. The maximum Gasteiger partial charge on any atom is 0.326 e. The number of carbonyl (C=O) groups is 6. The van der Waals surface area contributed by atoms with Crippen LogP contribution in [0.4, 0.5) is 0 Å². The van der Waals surface area contributed by atoms with Gasteiger partial charge in [0.1, 0.15) is 18.1 Å². The van der Waals surface area contributed by atoms with Gasteiger partial charge in [-0.25, -0.2) is 4.79 Å². The van der Waals surface area contributed by atoms with Crippen molar-refractivity contribution in [2.75, 3.05) is 0 Å². The summed E-state index contributed by atoms with van der Waals surface area (Å²) >= 11 is 0. The van der Waals surface area contributed by atoms with Crippen molar-refractivity contribution in [3.05, 3.63) is 0 Å². The molecule has 13 heteroatoms. The van der Waals surface area contributed by atoms with Crippen molar-refractivity contribution in [3.8, 4) is 0 Å². The van der Waals surface area contributed by atoms with Gasteiger partial charge in [0.05, 0.1) is 6.04 Å². The second-order valence-electron chi connectivity index (χ2n) is 7.86. The largest absolute Gasteiger partial charge is 0.481 e. The first-order valence-electron chi connectivity index (χ1n) is 10.1. The molecule has 182 valence electrons. The molecule has 0 aliphatic heterocycles. The minimum absolute atomic E-state index is 0.0470. The highest BCUT2D eigenvalue weighted by molar-refractivity contribution is 5.94. The summed E-state index contributed by atoms with van der Waals surface area (Å²) in [7, 11) is 0. The minimum atomic E-state index is -1.37. The van der Waals surface area contributed by atoms with E-state index in [1.165, 1.54) is 6.92 Å². The number of primary amides is 1. The Kier molecular flexibility index (Phi) is 12.6. The third-order valence-corrected chi connectivity index (χ3v) is 4.39. The summed E-state index contributed by atoms with van der Waals surface area (Å²) in [4.78, 5) is 69.9. The van der Waals surface area contributed by atoms with E-state index < -0.39 is 59.7 Å². The topological polar surface area (TPSA) is 231 Å². The molecule has 0 aromatic carbocycles. The lowest BCUT2D eigenvalue weighted by Gasteiger charge is -2.24. The molecule has 0 saturated carbocycles. The normalized spacial score (nSPS) is 14.5. The van der Waals surface area contributed by atoms with Crippen LogP contribution in [0.3, 0.4) is 0 Å². The maximum atomic E-state index is 12.6. The summed E-state index contributed by atoms with van der Waals surface area (Å²) in [6, 6.07) is -4.69. The molecule has 0 aromatic heterocycles. The number of nitrogens with one attached hydrogen (secondary N) is 3. The number of hydrogen-bond acceptors (Lipinski definition) is 7. The van der Waals surface area contributed by atoms with Crippen molar-refractivity contribution in [1.29, 1.82) is 0 Å². The van der Waals surface area contributed by atoms with Gasteiger partial charge in [0.15, 0.2) is 0 Å². The van der Waals surface area contributed by atoms with Crippen LogP contribution in [0.15, 0.2) is 0 Å². The Morgan fingerprint density at radius 3 is 1.81 bits per heavy atom. The van der Waals surface area contributed by atoms with Crippen molar-refractivity contribution in [1.82, 2.24) is 16.0 Å². The van der Waals surface area contributed by atoms with Crippen molar-refractivity contribution in [2.45, 2.75) is 77.0 Å². The molecule has 0 fully saturated rings. The fourth-order valence-corrected chi connectivity index (χ4v) is 2.61. The predicted molar refractivity (Wildman–Crippen MR) is 112 cm³/mol. The molecule has 0 spiro atoms. The first-order valence-corrected chi connectivity index (χ1v) is 10.1. The molecule has 13 nitrogen and oxygen atoms in total. The van der Waals surface area contributed by atoms with Gasteiger partial charge in [0.2, 0.25) is 23.6 Å². The highest BCUT2D eigenvalue weighted by Gasteiger charge is 2.29. The van der Waals surface area contributed by atoms with Gasteiger partial charge in [0.25, 0.3) is 0 Å². The van der Waals surface area contributed by atoms with Crippen molar-refractivity contribution in [2.24, 2.45) is 17.4 Å². The molecule has 0 heterocycles. The summed E-state index contributed by atoms with van der Waals surface area (Å²) in [5.74, 6) is -5.44. The lowest BCUT2D eigenvalue weighted by atomic mass is 10.0. The Labute approximate surface area is 185 Å². The quantitative estimate of drug-likeness (QED) is 0.144.